The zero-order valence-electron chi connectivity index (χ0n) is 22.3. The molecule has 1 saturated heterocycles. The molecule has 214 valence electrons. The lowest BCUT2D eigenvalue weighted by molar-refractivity contribution is -0.192. The minimum atomic E-state index is -5.08. The summed E-state index contributed by atoms with van der Waals surface area (Å²) in [5, 5.41) is 9.94. The number of carbonyl (C=O) groups is 2. The third kappa shape index (κ3) is 10.3. The van der Waals surface area contributed by atoms with Gasteiger partial charge in [0.15, 0.2) is 0 Å². The number of carboxylic acids is 1. The van der Waals surface area contributed by atoms with Gasteiger partial charge in [0.1, 0.15) is 5.82 Å². The first-order valence-electron chi connectivity index (χ1n) is 13.4. The summed E-state index contributed by atoms with van der Waals surface area (Å²) < 4.78 is 45.5. The molecule has 0 radical (unpaired) electrons. The maximum absolute atomic E-state index is 13.8. The molecule has 1 aliphatic heterocycles. The number of nitrogens with zero attached hydrogens (tertiary/aromatic N) is 2. The third-order valence-electron chi connectivity index (χ3n) is 7.19. The normalized spacial score (nSPS) is 17.6. The number of carboxylic acid groups (broad SMARTS) is 1. The van der Waals surface area contributed by atoms with Gasteiger partial charge >= 0.3 is 12.1 Å². The largest absolute Gasteiger partial charge is 0.490 e. The van der Waals surface area contributed by atoms with Crippen LogP contribution in [0.3, 0.4) is 0 Å². The third-order valence-corrected chi connectivity index (χ3v) is 7.19. The van der Waals surface area contributed by atoms with Gasteiger partial charge < -0.3 is 15.3 Å². The molecule has 2 aromatic rings. The van der Waals surface area contributed by atoms with Crippen LogP contribution in [0.1, 0.15) is 60.0 Å². The van der Waals surface area contributed by atoms with Crippen LogP contribution in [0.25, 0.3) is 0 Å². The van der Waals surface area contributed by atoms with Crippen LogP contribution in [-0.2, 0) is 11.3 Å². The number of anilines is 1. The lowest BCUT2D eigenvalue weighted by atomic mass is 9.89. The molecular weight excluding hydrogens is 514 g/mol. The first kappa shape index (κ1) is 30.6. The predicted molar refractivity (Wildman–Crippen MR) is 142 cm³/mol. The van der Waals surface area contributed by atoms with Crippen molar-refractivity contribution in [1.29, 1.82) is 0 Å². The molecule has 10 heteroatoms. The Morgan fingerprint density at radius 1 is 0.949 bits per heavy atom. The number of carbonyl (C=O) groups excluding carboxylic acids is 1. The van der Waals surface area contributed by atoms with Crippen LogP contribution in [-0.4, -0.2) is 65.7 Å². The van der Waals surface area contributed by atoms with Gasteiger partial charge in [-0.05, 0) is 80.6 Å². The van der Waals surface area contributed by atoms with E-state index in [-0.39, 0.29) is 11.7 Å². The smallest absolute Gasteiger partial charge is 0.475 e. The van der Waals surface area contributed by atoms with Gasteiger partial charge in [-0.1, -0.05) is 37.5 Å². The number of aliphatic carboxylic acids is 1. The molecule has 2 aromatic carbocycles. The summed E-state index contributed by atoms with van der Waals surface area (Å²) >= 11 is 0. The maximum atomic E-state index is 13.8. The predicted octanol–water partition coefficient (Wildman–Crippen LogP) is 6.11. The van der Waals surface area contributed by atoms with Crippen molar-refractivity contribution in [1.82, 2.24) is 9.80 Å². The van der Waals surface area contributed by atoms with E-state index in [9.17, 15) is 22.4 Å². The van der Waals surface area contributed by atoms with E-state index in [4.69, 9.17) is 9.90 Å². The lowest BCUT2D eigenvalue weighted by Crippen LogP contribution is -2.34. The van der Waals surface area contributed by atoms with E-state index >= 15 is 0 Å². The molecule has 0 spiro atoms. The van der Waals surface area contributed by atoms with Crippen molar-refractivity contribution in [3.05, 3.63) is 65.0 Å². The van der Waals surface area contributed by atoms with E-state index in [0.717, 1.165) is 37.7 Å². The van der Waals surface area contributed by atoms with Crippen LogP contribution in [0.2, 0.25) is 0 Å². The van der Waals surface area contributed by atoms with E-state index in [0.29, 0.717) is 16.8 Å². The molecule has 4 rings (SSSR count). The summed E-state index contributed by atoms with van der Waals surface area (Å²) in [6.07, 6.45) is 3.17. The number of aryl methyl sites for hydroxylation is 1. The standard InChI is InChI=1S/C27H36FN3O.C2HF3O2/c1-21-11-12-25(18-26(21)28)29-27(32)24-10-5-9-23(17-24)20-31-14-6-13-30(15-16-31)19-22-7-3-2-4-8-22;3-2(4,5)1(6)7/h5,9-12,17-18,22H,2-4,6-8,13-16,19-20H2,1H3,(H,29,32);(H,6,7). The highest BCUT2D eigenvalue weighted by Gasteiger charge is 2.38. The van der Waals surface area contributed by atoms with Gasteiger partial charge in [-0.15, -0.1) is 0 Å². The van der Waals surface area contributed by atoms with Crippen LogP contribution in [0.15, 0.2) is 42.5 Å². The second-order valence-electron chi connectivity index (χ2n) is 10.4. The van der Waals surface area contributed by atoms with E-state index in [1.165, 1.54) is 57.7 Å². The van der Waals surface area contributed by atoms with Crippen molar-refractivity contribution in [3.8, 4) is 0 Å². The van der Waals surface area contributed by atoms with Gasteiger partial charge in [-0.25, -0.2) is 9.18 Å². The Hall–Kier alpha value is -2.98. The fourth-order valence-corrected chi connectivity index (χ4v) is 5.04. The fraction of sp³-hybridized carbons (Fsp3) is 0.517. The zero-order valence-corrected chi connectivity index (χ0v) is 22.3. The number of amides is 1. The molecule has 2 fully saturated rings. The number of rotatable bonds is 6. The molecule has 2 N–H and O–H groups in total. The SMILES string of the molecule is Cc1ccc(NC(=O)c2cccc(CN3CCCN(CC4CCCCC4)CC3)c2)cc1F.O=C(O)C(F)(F)F. The molecule has 2 aliphatic rings. The summed E-state index contributed by atoms with van der Waals surface area (Å²) in [7, 11) is 0. The molecule has 39 heavy (non-hydrogen) atoms. The van der Waals surface area contributed by atoms with Gasteiger partial charge in [0.05, 0.1) is 0 Å². The van der Waals surface area contributed by atoms with Crippen molar-refractivity contribution in [2.75, 3.05) is 38.0 Å². The number of hydrogen-bond donors (Lipinski definition) is 2. The van der Waals surface area contributed by atoms with E-state index in [1.54, 1.807) is 19.1 Å². The highest BCUT2D eigenvalue weighted by molar-refractivity contribution is 6.04. The van der Waals surface area contributed by atoms with Crippen LogP contribution in [0.5, 0.6) is 0 Å². The Balaban J connectivity index is 0.000000532. The Morgan fingerprint density at radius 2 is 1.62 bits per heavy atom. The molecule has 6 nitrogen and oxygen atoms in total. The minimum absolute atomic E-state index is 0.204. The van der Waals surface area contributed by atoms with Crippen LogP contribution in [0, 0.1) is 18.7 Å². The second-order valence-corrected chi connectivity index (χ2v) is 10.4. The Bertz CT molecular complexity index is 1100. The molecule has 0 unspecified atom stereocenters. The summed E-state index contributed by atoms with van der Waals surface area (Å²) in [6, 6.07) is 12.6. The fourth-order valence-electron chi connectivity index (χ4n) is 5.04. The summed E-state index contributed by atoms with van der Waals surface area (Å²) in [5.74, 6) is -2.38. The number of benzene rings is 2. The topological polar surface area (TPSA) is 72.9 Å². The van der Waals surface area contributed by atoms with E-state index < -0.39 is 12.1 Å². The molecule has 0 aromatic heterocycles. The Morgan fingerprint density at radius 3 is 2.28 bits per heavy atom. The average Bonchev–Trinajstić information content (AvgIpc) is 3.11. The van der Waals surface area contributed by atoms with Crippen LogP contribution < -0.4 is 5.32 Å². The minimum Gasteiger partial charge on any atom is -0.475 e. The van der Waals surface area contributed by atoms with Gasteiger partial charge in [-0.3, -0.25) is 9.69 Å². The highest BCUT2D eigenvalue weighted by atomic mass is 19.4. The average molecular weight is 552 g/mol. The molecule has 1 saturated carbocycles. The van der Waals surface area contributed by atoms with Crippen molar-refractivity contribution in [3.63, 3.8) is 0 Å². The van der Waals surface area contributed by atoms with Gasteiger partial charge in [0.25, 0.3) is 5.91 Å². The first-order valence-corrected chi connectivity index (χ1v) is 13.4. The molecule has 1 aliphatic carbocycles. The second kappa shape index (κ2) is 14.4. The molecule has 1 amide bonds. The Kier molecular flexibility index (Phi) is 11.3. The van der Waals surface area contributed by atoms with Crippen LogP contribution in [0.4, 0.5) is 23.2 Å². The molecule has 0 atom stereocenters. The monoisotopic (exact) mass is 551 g/mol. The van der Waals surface area contributed by atoms with E-state index in [1.807, 2.05) is 18.2 Å². The zero-order chi connectivity index (χ0) is 28.4. The highest BCUT2D eigenvalue weighted by Crippen LogP contribution is 2.25. The van der Waals surface area contributed by atoms with Crippen LogP contribution >= 0.6 is 0 Å². The number of alkyl halides is 3. The number of halogens is 4. The first-order chi connectivity index (χ1) is 18.5. The summed E-state index contributed by atoms with van der Waals surface area (Å²) in [6.45, 7) is 8.34. The number of nitrogens with one attached hydrogen (secondary N) is 1. The van der Waals surface area contributed by atoms with Crippen molar-refractivity contribution >= 4 is 17.6 Å². The quantitative estimate of drug-likeness (QED) is 0.424. The molecular formula is C29H37F4N3O3. The molecule has 0 bridgehead atoms. The van der Waals surface area contributed by atoms with E-state index in [2.05, 4.69) is 21.2 Å². The van der Waals surface area contributed by atoms with Crippen molar-refractivity contribution < 1.29 is 32.3 Å². The van der Waals surface area contributed by atoms with Crippen molar-refractivity contribution in [2.45, 2.75) is 58.2 Å². The number of hydrogen-bond acceptors (Lipinski definition) is 4. The molecule has 1 heterocycles. The van der Waals surface area contributed by atoms with Gasteiger partial charge in [0.2, 0.25) is 0 Å². The summed E-state index contributed by atoms with van der Waals surface area (Å²) in [4.78, 5) is 26.8. The van der Waals surface area contributed by atoms with Gasteiger partial charge in [-0.2, -0.15) is 13.2 Å². The summed E-state index contributed by atoms with van der Waals surface area (Å²) in [5.41, 5.74) is 2.81. The van der Waals surface area contributed by atoms with Gasteiger partial charge in [0, 0.05) is 37.4 Å². The Labute approximate surface area is 227 Å². The van der Waals surface area contributed by atoms with Crippen molar-refractivity contribution in [2.24, 2.45) is 5.92 Å². The maximum Gasteiger partial charge on any atom is 0.490 e. The lowest BCUT2D eigenvalue weighted by Gasteiger charge is -2.29.